The molecule has 0 spiro atoms. The Morgan fingerprint density at radius 3 is 2.56 bits per heavy atom. The Morgan fingerprint density at radius 2 is 2.00 bits per heavy atom. The lowest BCUT2D eigenvalue weighted by Gasteiger charge is -2.47. The third-order valence-electron chi connectivity index (χ3n) is 3.91. The van der Waals surface area contributed by atoms with Gasteiger partial charge in [0.05, 0.1) is 0 Å². The largest absolute Gasteiger partial charge is 0.366 e. The molecule has 2 rings (SSSR count). The van der Waals surface area contributed by atoms with Gasteiger partial charge in [0, 0.05) is 22.8 Å². The zero-order valence-electron chi connectivity index (χ0n) is 11.5. The molecule has 1 unspecified atom stereocenters. The second kappa shape index (κ2) is 5.50. The molecule has 1 atom stereocenters. The minimum Gasteiger partial charge on any atom is -0.366 e. The summed E-state index contributed by atoms with van der Waals surface area (Å²) in [5.74, 6) is 0.786. The van der Waals surface area contributed by atoms with Gasteiger partial charge in [-0.05, 0) is 70.5 Å². The summed E-state index contributed by atoms with van der Waals surface area (Å²) in [6, 6.07) is 8.21. The molecule has 1 aliphatic heterocycles. The summed E-state index contributed by atoms with van der Waals surface area (Å²) in [6.07, 6.45) is 2.49. The third kappa shape index (κ3) is 2.99. The molecule has 1 heterocycles. The van der Waals surface area contributed by atoms with Crippen molar-refractivity contribution in [3.05, 3.63) is 29.3 Å². The highest BCUT2D eigenvalue weighted by Crippen LogP contribution is 2.35. The van der Waals surface area contributed by atoms with Gasteiger partial charge in [0.25, 0.3) is 0 Å². The highest BCUT2D eigenvalue weighted by molar-refractivity contribution is 6.30. The summed E-state index contributed by atoms with van der Waals surface area (Å²) in [7, 11) is 2.04. The van der Waals surface area contributed by atoms with Gasteiger partial charge in [-0.15, -0.1) is 0 Å². The van der Waals surface area contributed by atoms with Gasteiger partial charge in [-0.1, -0.05) is 11.6 Å². The molecule has 3 heteroatoms. The molecular weight excluding hydrogens is 244 g/mol. The molecule has 1 aromatic carbocycles. The quantitative estimate of drug-likeness (QED) is 0.900. The maximum Gasteiger partial charge on any atom is 0.0407 e. The van der Waals surface area contributed by atoms with E-state index in [1.807, 2.05) is 19.2 Å². The van der Waals surface area contributed by atoms with Gasteiger partial charge < -0.3 is 10.2 Å². The summed E-state index contributed by atoms with van der Waals surface area (Å²) in [5, 5.41) is 4.11. The van der Waals surface area contributed by atoms with Gasteiger partial charge in [0.1, 0.15) is 0 Å². The summed E-state index contributed by atoms with van der Waals surface area (Å²) >= 11 is 5.96. The lowest BCUT2D eigenvalue weighted by Crippen LogP contribution is -2.51. The predicted octanol–water partition coefficient (Wildman–Crippen LogP) is 3.55. The van der Waals surface area contributed by atoms with Crippen molar-refractivity contribution >= 4 is 17.3 Å². The monoisotopic (exact) mass is 266 g/mol. The summed E-state index contributed by atoms with van der Waals surface area (Å²) in [4.78, 5) is 2.51. The average Bonchev–Trinajstić information content (AvgIpc) is 2.30. The van der Waals surface area contributed by atoms with Crippen LogP contribution in [0.2, 0.25) is 5.02 Å². The lowest BCUT2D eigenvalue weighted by atomic mass is 9.82. The van der Waals surface area contributed by atoms with Crippen molar-refractivity contribution in [2.45, 2.75) is 32.2 Å². The van der Waals surface area contributed by atoms with Crippen LogP contribution in [0.5, 0.6) is 0 Å². The topological polar surface area (TPSA) is 15.3 Å². The highest BCUT2D eigenvalue weighted by atomic mass is 35.5. The number of nitrogens with zero attached hydrogens (tertiary/aromatic N) is 1. The SMILES string of the molecule is CNCC1CCN(c2ccc(Cl)cc2)C(C)(C)C1. The highest BCUT2D eigenvalue weighted by Gasteiger charge is 2.34. The summed E-state index contributed by atoms with van der Waals surface area (Å²) < 4.78 is 0. The number of halogens is 1. The Bertz CT molecular complexity index is 386. The Kier molecular flexibility index (Phi) is 4.18. The fourth-order valence-electron chi connectivity index (χ4n) is 3.10. The Morgan fingerprint density at radius 1 is 1.33 bits per heavy atom. The van der Waals surface area contributed by atoms with Crippen LogP contribution in [0, 0.1) is 5.92 Å². The van der Waals surface area contributed by atoms with E-state index in [1.54, 1.807) is 0 Å². The molecule has 1 saturated heterocycles. The molecule has 100 valence electrons. The molecular formula is C15H23ClN2. The Hall–Kier alpha value is -0.730. The van der Waals surface area contributed by atoms with E-state index in [0.717, 1.165) is 24.0 Å². The zero-order valence-corrected chi connectivity index (χ0v) is 12.3. The number of hydrogen-bond donors (Lipinski definition) is 1. The fraction of sp³-hybridized carbons (Fsp3) is 0.600. The normalized spacial score (nSPS) is 23.1. The molecule has 0 radical (unpaired) electrons. The van der Waals surface area contributed by atoms with Gasteiger partial charge in [-0.2, -0.15) is 0 Å². The van der Waals surface area contributed by atoms with Crippen LogP contribution in [0.1, 0.15) is 26.7 Å². The maximum absolute atomic E-state index is 5.96. The maximum atomic E-state index is 5.96. The molecule has 18 heavy (non-hydrogen) atoms. The van der Waals surface area contributed by atoms with Gasteiger partial charge in [0.15, 0.2) is 0 Å². The van der Waals surface area contributed by atoms with Crippen LogP contribution < -0.4 is 10.2 Å². The van der Waals surface area contributed by atoms with Crippen molar-refractivity contribution in [3.8, 4) is 0 Å². The van der Waals surface area contributed by atoms with Crippen molar-refractivity contribution in [2.24, 2.45) is 5.92 Å². The number of anilines is 1. The molecule has 1 N–H and O–H groups in total. The van der Waals surface area contributed by atoms with Crippen molar-refractivity contribution in [1.29, 1.82) is 0 Å². The van der Waals surface area contributed by atoms with Crippen LogP contribution in [0.25, 0.3) is 0 Å². The Labute approximate surface area is 115 Å². The van der Waals surface area contributed by atoms with Gasteiger partial charge in [-0.25, -0.2) is 0 Å². The van der Waals surface area contributed by atoms with Crippen molar-refractivity contribution in [1.82, 2.24) is 5.32 Å². The van der Waals surface area contributed by atoms with E-state index in [-0.39, 0.29) is 5.54 Å². The number of nitrogens with one attached hydrogen (secondary N) is 1. The van der Waals surface area contributed by atoms with Gasteiger partial charge in [0.2, 0.25) is 0 Å². The minimum absolute atomic E-state index is 0.216. The first-order valence-corrected chi connectivity index (χ1v) is 7.08. The van der Waals surface area contributed by atoms with Crippen LogP contribution in [-0.4, -0.2) is 25.7 Å². The second-order valence-corrected chi connectivity index (χ2v) is 6.29. The van der Waals surface area contributed by atoms with Crippen LogP contribution in [0.3, 0.4) is 0 Å². The molecule has 2 nitrogen and oxygen atoms in total. The average molecular weight is 267 g/mol. The molecule has 0 aliphatic carbocycles. The molecule has 0 aromatic heterocycles. The zero-order chi connectivity index (χ0) is 13.2. The van der Waals surface area contributed by atoms with E-state index >= 15 is 0 Å². The molecule has 1 aliphatic rings. The Balaban J connectivity index is 2.12. The summed E-state index contributed by atoms with van der Waals surface area (Å²) in [6.45, 7) is 6.92. The smallest absolute Gasteiger partial charge is 0.0407 e. The van der Waals surface area contributed by atoms with E-state index in [1.165, 1.54) is 18.5 Å². The number of hydrogen-bond acceptors (Lipinski definition) is 2. The van der Waals surface area contributed by atoms with E-state index < -0.39 is 0 Å². The van der Waals surface area contributed by atoms with E-state index in [0.29, 0.717) is 0 Å². The second-order valence-electron chi connectivity index (χ2n) is 5.86. The van der Waals surface area contributed by atoms with Crippen LogP contribution in [0.15, 0.2) is 24.3 Å². The predicted molar refractivity (Wildman–Crippen MR) is 79.5 cm³/mol. The van der Waals surface area contributed by atoms with E-state index in [2.05, 4.69) is 36.2 Å². The van der Waals surface area contributed by atoms with Crippen molar-refractivity contribution < 1.29 is 0 Å². The van der Waals surface area contributed by atoms with E-state index in [4.69, 9.17) is 11.6 Å². The van der Waals surface area contributed by atoms with Crippen molar-refractivity contribution in [3.63, 3.8) is 0 Å². The minimum atomic E-state index is 0.216. The van der Waals surface area contributed by atoms with E-state index in [9.17, 15) is 0 Å². The first-order valence-electron chi connectivity index (χ1n) is 6.71. The molecule has 1 fully saturated rings. The summed E-state index contributed by atoms with van der Waals surface area (Å²) in [5.41, 5.74) is 1.50. The standard InChI is InChI=1S/C15H23ClN2/c1-15(2)10-12(11-17-3)8-9-18(15)14-6-4-13(16)5-7-14/h4-7,12,17H,8-11H2,1-3H3. The molecule has 1 aromatic rings. The molecule has 0 amide bonds. The van der Waals surface area contributed by atoms with Gasteiger partial charge >= 0.3 is 0 Å². The molecule has 0 saturated carbocycles. The van der Waals surface area contributed by atoms with Crippen LogP contribution in [0.4, 0.5) is 5.69 Å². The van der Waals surface area contributed by atoms with Gasteiger partial charge in [-0.3, -0.25) is 0 Å². The number of rotatable bonds is 3. The van der Waals surface area contributed by atoms with Crippen LogP contribution >= 0.6 is 11.6 Å². The van der Waals surface area contributed by atoms with Crippen LogP contribution in [-0.2, 0) is 0 Å². The first-order chi connectivity index (χ1) is 8.53. The first kappa shape index (κ1) is 13.7. The molecule has 0 bridgehead atoms. The lowest BCUT2D eigenvalue weighted by molar-refractivity contribution is 0.270. The van der Waals surface area contributed by atoms with Crippen molar-refractivity contribution in [2.75, 3.05) is 25.0 Å². The fourth-order valence-corrected chi connectivity index (χ4v) is 3.22. The number of piperidine rings is 1. The number of benzene rings is 1. The third-order valence-corrected chi connectivity index (χ3v) is 4.16.